The normalized spacial score (nSPS) is 10.5. The molecule has 0 aliphatic heterocycles. The van der Waals surface area contributed by atoms with Crippen molar-refractivity contribution >= 4 is 5.97 Å². The van der Waals surface area contributed by atoms with Crippen molar-refractivity contribution in [3.63, 3.8) is 0 Å². The molecule has 0 aromatic carbocycles. The van der Waals surface area contributed by atoms with Crippen LogP contribution in [0, 0.1) is 5.92 Å². The number of rotatable bonds is 8. The van der Waals surface area contributed by atoms with Gasteiger partial charge in [0.2, 0.25) is 5.88 Å². The molecular formula is C15H23NO3. The summed E-state index contributed by atoms with van der Waals surface area (Å²) in [6.07, 6.45) is 4.63. The molecule has 0 saturated carbocycles. The van der Waals surface area contributed by atoms with E-state index in [4.69, 9.17) is 4.74 Å². The highest BCUT2D eigenvalue weighted by Gasteiger charge is 2.11. The van der Waals surface area contributed by atoms with Crippen molar-refractivity contribution in [2.24, 2.45) is 5.92 Å². The number of esters is 1. The van der Waals surface area contributed by atoms with Gasteiger partial charge in [0.1, 0.15) is 0 Å². The smallest absolute Gasteiger partial charge is 0.356 e. The van der Waals surface area contributed by atoms with Crippen LogP contribution in [-0.4, -0.2) is 24.7 Å². The van der Waals surface area contributed by atoms with Crippen LogP contribution in [0.25, 0.3) is 0 Å². The third-order valence-corrected chi connectivity index (χ3v) is 2.98. The third kappa shape index (κ3) is 5.28. The number of methoxy groups -OCH3 is 1. The van der Waals surface area contributed by atoms with E-state index in [0.29, 0.717) is 18.4 Å². The second-order valence-corrected chi connectivity index (χ2v) is 4.61. The molecule has 1 aromatic heterocycles. The highest BCUT2D eigenvalue weighted by Crippen LogP contribution is 2.16. The second kappa shape index (κ2) is 8.51. The van der Waals surface area contributed by atoms with Crippen LogP contribution in [0.15, 0.2) is 18.2 Å². The van der Waals surface area contributed by atoms with Crippen molar-refractivity contribution in [3.8, 4) is 5.88 Å². The molecule has 0 saturated heterocycles. The molecule has 0 amide bonds. The Hall–Kier alpha value is -1.58. The zero-order valence-corrected chi connectivity index (χ0v) is 12.0. The molecular weight excluding hydrogens is 242 g/mol. The van der Waals surface area contributed by atoms with E-state index in [1.54, 1.807) is 18.2 Å². The minimum Gasteiger partial charge on any atom is -0.477 e. The number of hydrogen-bond acceptors (Lipinski definition) is 4. The molecule has 0 unspecified atom stereocenters. The first-order chi connectivity index (χ1) is 9.21. The summed E-state index contributed by atoms with van der Waals surface area (Å²) in [6, 6.07) is 5.14. The molecule has 0 spiro atoms. The van der Waals surface area contributed by atoms with Crippen molar-refractivity contribution in [2.75, 3.05) is 13.7 Å². The molecule has 0 atom stereocenters. The van der Waals surface area contributed by atoms with Gasteiger partial charge in [0.25, 0.3) is 0 Å². The average Bonchev–Trinajstić information content (AvgIpc) is 2.44. The first-order valence-corrected chi connectivity index (χ1v) is 6.89. The van der Waals surface area contributed by atoms with E-state index in [1.807, 2.05) is 0 Å². The molecule has 0 aliphatic rings. The molecule has 1 heterocycles. The van der Waals surface area contributed by atoms with Gasteiger partial charge in [-0.2, -0.15) is 0 Å². The lowest BCUT2D eigenvalue weighted by Crippen LogP contribution is -2.13. The van der Waals surface area contributed by atoms with Gasteiger partial charge >= 0.3 is 5.97 Å². The summed E-state index contributed by atoms with van der Waals surface area (Å²) in [6.45, 7) is 5.01. The molecule has 0 aliphatic carbocycles. The van der Waals surface area contributed by atoms with E-state index >= 15 is 0 Å². The molecule has 106 valence electrons. The standard InChI is InChI=1S/C15H23NO3/c1-4-7-12(8-5-2)11-19-14-10-6-9-13(16-14)15(17)18-3/h6,9-10,12H,4-5,7-8,11H2,1-3H3. The molecule has 0 radical (unpaired) electrons. The molecule has 0 bridgehead atoms. The van der Waals surface area contributed by atoms with Gasteiger partial charge in [-0.25, -0.2) is 9.78 Å². The number of aromatic nitrogens is 1. The van der Waals surface area contributed by atoms with E-state index in [1.165, 1.54) is 7.11 Å². The summed E-state index contributed by atoms with van der Waals surface area (Å²) in [5.41, 5.74) is 0.280. The molecule has 1 aromatic rings. The van der Waals surface area contributed by atoms with Crippen LogP contribution in [0.2, 0.25) is 0 Å². The zero-order chi connectivity index (χ0) is 14.1. The van der Waals surface area contributed by atoms with E-state index in [2.05, 4.69) is 23.6 Å². The van der Waals surface area contributed by atoms with Crippen molar-refractivity contribution < 1.29 is 14.3 Å². The Bertz CT molecular complexity index is 387. The van der Waals surface area contributed by atoms with Crippen LogP contribution < -0.4 is 4.74 Å². The molecule has 4 heteroatoms. The molecule has 1 rings (SSSR count). The van der Waals surface area contributed by atoms with Crippen molar-refractivity contribution in [1.82, 2.24) is 4.98 Å². The number of carbonyl (C=O) groups is 1. The van der Waals surface area contributed by atoms with Gasteiger partial charge < -0.3 is 9.47 Å². The Morgan fingerprint density at radius 2 is 1.95 bits per heavy atom. The maximum Gasteiger partial charge on any atom is 0.356 e. The quantitative estimate of drug-likeness (QED) is 0.675. The lowest BCUT2D eigenvalue weighted by atomic mass is 9.99. The number of nitrogens with zero attached hydrogens (tertiary/aromatic N) is 1. The maximum absolute atomic E-state index is 11.4. The summed E-state index contributed by atoms with van der Waals surface area (Å²) in [5.74, 6) is 0.600. The van der Waals surface area contributed by atoms with Crippen LogP contribution in [0.4, 0.5) is 0 Å². The van der Waals surface area contributed by atoms with Gasteiger partial charge in [-0.3, -0.25) is 0 Å². The van der Waals surface area contributed by atoms with Crippen LogP contribution in [0.5, 0.6) is 5.88 Å². The van der Waals surface area contributed by atoms with E-state index in [-0.39, 0.29) is 5.69 Å². The molecule has 0 N–H and O–H groups in total. The van der Waals surface area contributed by atoms with Gasteiger partial charge in [-0.1, -0.05) is 32.8 Å². The summed E-state index contributed by atoms with van der Waals surface area (Å²) in [4.78, 5) is 15.5. The predicted molar refractivity (Wildman–Crippen MR) is 74.4 cm³/mol. The highest BCUT2D eigenvalue weighted by molar-refractivity contribution is 5.87. The third-order valence-electron chi connectivity index (χ3n) is 2.98. The number of hydrogen-bond donors (Lipinski definition) is 0. The Labute approximate surface area is 115 Å². The summed E-state index contributed by atoms with van der Waals surface area (Å²) < 4.78 is 10.3. The topological polar surface area (TPSA) is 48.4 Å². The minimum absolute atomic E-state index is 0.280. The van der Waals surface area contributed by atoms with Crippen LogP contribution in [0.3, 0.4) is 0 Å². The lowest BCUT2D eigenvalue weighted by Gasteiger charge is -2.15. The van der Waals surface area contributed by atoms with Gasteiger partial charge in [0.05, 0.1) is 13.7 Å². The Morgan fingerprint density at radius 1 is 1.26 bits per heavy atom. The second-order valence-electron chi connectivity index (χ2n) is 4.61. The largest absolute Gasteiger partial charge is 0.477 e. The number of carbonyl (C=O) groups excluding carboxylic acids is 1. The predicted octanol–water partition coefficient (Wildman–Crippen LogP) is 3.46. The fourth-order valence-electron chi connectivity index (χ4n) is 2.04. The Kier molecular flexibility index (Phi) is 6.93. The lowest BCUT2D eigenvalue weighted by molar-refractivity contribution is 0.0592. The number of pyridine rings is 1. The Morgan fingerprint density at radius 3 is 2.53 bits per heavy atom. The molecule has 4 nitrogen and oxygen atoms in total. The Balaban J connectivity index is 2.58. The van der Waals surface area contributed by atoms with Crippen molar-refractivity contribution in [1.29, 1.82) is 0 Å². The van der Waals surface area contributed by atoms with Crippen LogP contribution >= 0.6 is 0 Å². The first-order valence-electron chi connectivity index (χ1n) is 6.89. The highest BCUT2D eigenvalue weighted by atomic mass is 16.5. The van der Waals surface area contributed by atoms with Gasteiger partial charge in [-0.05, 0) is 24.8 Å². The monoisotopic (exact) mass is 265 g/mol. The van der Waals surface area contributed by atoms with Crippen LogP contribution in [-0.2, 0) is 4.74 Å². The maximum atomic E-state index is 11.4. The van der Waals surface area contributed by atoms with Gasteiger partial charge in [0, 0.05) is 6.07 Å². The van der Waals surface area contributed by atoms with E-state index in [9.17, 15) is 4.79 Å². The SMILES string of the molecule is CCCC(CCC)COc1cccc(C(=O)OC)n1. The number of ether oxygens (including phenoxy) is 2. The minimum atomic E-state index is -0.441. The summed E-state index contributed by atoms with van der Waals surface area (Å²) in [5, 5.41) is 0. The van der Waals surface area contributed by atoms with Gasteiger partial charge in [0.15, 0.2) is 5.69 Å². The molecule has 19 heavy (non-hydrogen) atoms. The van der Waals surface area contributed by atoms with Crippen molar-refractivity contribution in [3.05, 3.63) is 23.9 Å². The fraction of sp³-hybridized carbons (Fsp3) is 0.600. The van der Waals surface area contributed by atoms with Gasteiger partial charge in [-0.15, -0.1) is 0 Å². The summed E-state index contributed by atoms with van der Waals surface area (Å²) >= 11 is 0. The molecule has 0 fully saturated rings. The summed E-state index contributed by atoms with van der Waals surface area (Å²) in [7, 11) is 1.34. The average molecular weight is 265 g/mol. The first kappa shape index (κ1) is 15.5. The van der Waals surface area contributed by atoms with E-state index in [0.717, 1.165) is 25.7 Å². The van der Waals surface area contributed by atoms with E-state index < -0.39 is 5.97 Å². The fourth-order valence-corrected chi connectivity index (χ4v) is 2.04. The van der Waals surface area contributed by atoms with Crippen molar-refractivity contribution in [2.45, 2.75) is 39.5 Å². The zero-order valence-electron chi connectivity index (χ0n) is 12.0. The van der Waals surface area contributed by atoms with Crippen LogP contribution in [0.1, 0.15) is 50.0 Å².